The van der Waals surface area contributed by atoms with Crippen molar-refractivity contribution in [1.29, 1.82) is 0 Å². The van der Waals surface area contributed by atoms with E-state index in [-0.39, 0.29) is 6.04 Å². The monoisotopic (exact) mass is 300 g/mol. The van der Waals surface area contributed by atoms with Gasteiger partial charge in [-0.05, 0) is 18.9 Å². The number of aromatic nitrogens is 3. The van der Waals surface area contributed by atoms with Gasteiger partial charge in [0, 0.05) is 11.8 Å². The minimum Gasteiger partial charge on any atom is -0.332 e. The van der Waals surface area contributed by atoms with E-state index >= 15 is 0 Å². The zero-order valence-electron chi connectivity index (χ0n) is 11.7. The summed E-state index contributed by atoms with van der Waals surface area (Å²) in [6.45, 7) is 1.90. The number of nitrogens with zero attached hydrogens (tertiary/aromatic N) is 3. The van der Waals surface area contributed by atoms with Crippen LogP contribution < -0.4 is 5.73 Å². The maximum Gasteiger partial charge on any atom is 0.277 e. The largest absolute Gasteiger partial charge is 0.332 e. The molecule has 1 aromatic carbocycles. The summed E-state index contributed by atoms with van der Waals surface area (Å²) in [4.78, 5) is 8.80. The molecule has 1 unspecified atom stereocenters. The average Bonchev–Trinajstić information content (AvgIpc) is 3.15. The molecule has 6 heteroatoms. The molecule has 0 bridgehead atoms. The molecule has 2 aromatic heterocycles. The SMILES string of the molecule is CC(N)c1nc(-c2nc(CCc3ccccc3)no2)cs1. The number of hydrogen-bond acceptors (Lipinski definition) is 6. The van der Waals surface area contributed by atoms with Gasteiger partial charge in [0.2, 0.25) is 0 Å². The molecule has 0 radical (unpaired) electrons. The van der Waals surface area contributed by atoms with Crippen LogP contribution in [0.3, 0.4) is 0 Å². The zero-order chi connectivity index (χ0) is 14.7. The van der Waals surface area contributed by atoms with E-state index in [1.165, 1.54) is 16.9 Å². The molecule has 3 aromatic rings. The molecule has 5 nitrogen and oxygen atoms in total. The van der Waals surface area contributed by atoms with E-state index in [0.717, 1.165) is 17.8 Å². The van der Waals surface area contributed by atoms with Gasteiger partial charge in [0.25, 0.3) is 5.89 Å². The number of thiazole rings is 1. The van der Waals surface area contributed by atoms with Crippen molar-refractivity contribution < 1.29 is 4.52 Å². The van der Waals surface area contributed by atoms with Crippen molar-refractivity contribution in [2.24, 2.45) is 5.73 Å². The van der Waals surface area contributed by atoms with E-state index < -0.39 is 0 Å². The Morgan fingerprint density at radius 1 is 1.19 bits per heavy atom. The molecule has 21 heavy (non-hydrogen) atoms. The fourth-order valence-corrected chi connectivity index (χ4v) is 2.71. The van der Waals surface area contributed by atoms with Crippen LogP contribution >= 0.6 is 11.3 Å². The number of hydrogen-bond donors (Lipinski definition) is 1. The number of rotatable bonds is 5. The van der Waals surface area contributed by atoms with E-state index in [1.807, 2.05) is 30.5 Å². The van der Waals surface area contributed by atoms with E-state index in [4.69, 9.17) is 10.3 Å². The molecule has 2 N–H and O–H groups in total. The molecule has 108 valence electrons. The Labute approximate surface area is 126 Å². The van der Waals surface area contributed by atoms with Crippen molar-refractivity contribution in [2.45, 2.75) is 25.8 Å². The van der Waals surface area contributed by atoms with Gasteiger partial charge < -0.3 is 10.3 Å². The molecule has 0 aliphatic carbocycles. The molecule has 0 aliphatic rings. The van der Waals surface area contributed by atoms with Gasteiger partial charge in [-0.3, -0.25) is 0 Å². The van der Waals surface area contributed by atoms with Crippen LogP contribution in [-0.2, 0) is 12.8 Å². The van der Waals surface area contributed by atoms with E-state index in [0.29, 0.717) is 17.4 Å². The molecule has 0 aliphatic heterocycles. The minimum absolute atomic E-state index is 0.0794. The fraction of sp³-hybridized carbons (Fsp3) is 0.267. The van der Waals surface area contributed by atoms with Crippen LogP contribution in [0.15, 0.2) is 40.2 Å². The lowest BCUT2D eigenvalue weighted by Gasteiger charge is -1.96. The van der Waals surface area contributed by atoms with Crippen LogP contribution in [0, 0.1) is 0 Å². The highest BCUT2D eigenvalue weighted by molar-refractivity contribution is 7.10. The molecular weight excluding hydrogens is 284 g/mol. The second kappa shape index (κ2) is 6.15. The van der Waals surface area contributed by atoms with Gasteiger partial charge in [-0.15, -0.1) is 11.3 Å². The zero-order valence-corrected chi connectivity index (χ0v) is 12.5. The summed E-state index contributed by atoms with van der Waals surface area (Å²) in [6, 6.07) is 10.2. The van der Waals surface area contributed by atoms with Crippen LogP contribution in [0.4, 0.5) is 0 Å². The van der Waals surface area contributed by atoms with Gasteiger partial charge in [-0.2, -0.15) is 4.98 Å². The highest BCUT2D eigenvalue weighted by Gasteiger charge is 2.14. The van der Waals surface area contributed by atoms with Gasteiger partial charge >= 0.3 is 0 Å². The maximum atomic E-state index is 5.80. The Balaban J connectivity index is 1.68. The third-order valence-electron chi connectivity index (χ3n) is 3.08. The molecule has 3 rings (SSSR count). The normalized spacial score (nSPS) is 12.5. The maximum absolute atomic E-state index is 5.80. The fourth-order valence-electron chi connectivity index (χ4n) is 1.96. The van der Waals surface area contributed by atoms with Crippen molar-refractivity contribution in [1.82, 2.24) is 15.1 Å². The first-order valence-electron chi connectivity index (χ1n) is 6.80. The van der Waals surface area contributed by atoms with E-state index in [1.54, 1.807) is 0 Å². The quantitative estimate of drug-likeness (QED) is 0.783. The average molecular weight is 300 g/mol. The van der Waals surface area contributed by atoms with Crippen molar-refractivity contribution in [3.05, 3.63) is 52.1 Å². The standard InChI is InChI=1S/C15H16N4OS/c1-10(16)15-17-12(9-21-15)14-18-13(19-20-14)8-7-11-5-3-2-4-6-11/h2-6,9-10H,7-8,16H2,1H3. The Hall–Kier alpha value is -2.05. The summed E-state index contributed by atoms with van der Waals surface area (Å²) in [5.74, 6) is 1.16. The molecule has 2 heterocycles. The smallest absolute Gasteiger partial charge is 0.277 e. The summed E-state index contributed by atoms with van der Waals surface area (Å²) in [6.07, 6.45) is 1.64. The van der Waals surface area contributed by atoms with Crippen LogP contribution in [0.2, 0.25) is 0 Å². The van der Waals surface area contributed by atoms with Gasteiger partial charge in [-0.1, -0.05) is 35.5 Å². The molecule has 0 fully saturated rings. The number of aryl methyl sites for hydroxylation is 2. The van der Waals surface area contributed by atoms with Crippen molar-refractivity contribution >= 4 is 11.3 Å². The lowest BCUT2D eigenvalue weighted by Crippen LogP contribution is -2.03. The summed E-state index contributed by atoms with van der Waals surface area (Å²) < 4.78 is 5.27. The van der Waals surface area contributed by atoms with Crippen LogP contribution in [-0.4, -0.2) is 15.1 Å². The topological polar surface area (TPSA) is 77.8 Å². The lowest BCUT2D eigenvalue weighted by atomic mass is 10.1. The van der Waals surface area contributed by atoms with E-state index in [9.17, 15) is 0 Å². The van der Waals surface area contributed by atoms with Crippen molar-refractivity contribution in [3.63, 3.8) is 0 Å². The molecule has 0 amide bonds. The second-order valence-corrected chi connectivity index (χ2v) is 5.75. The Bertz CT molecular complexity index is 705. The highest BCUT2D eigenvalue weighted by Crippen LogP contribution is 2.23. The summed E-state index contributed by atoms with van der Waals surface area (Å²) in [7, 11) is 0. The summed E-state index contributed by atoms with van der Waals surface area (Å²) in [5.41, 5.74) is 7.76. The van der Waals surface area contributed by atoms with Gasteiger partial charge in [0.05, 0.1) is 6.04 Å². The van der Waals surface area contributed by atoms with Crippen LogP contribution in [0.1, 0.15) is 29.4 Å². The van der Waals surface area contributed by atoms with Gasteiger partial charge in [-0.25, -0.2) is 4.98 Å². The van der Waals surface area contributed by atoms with Crippen molar-refractivity contribution in [3.8, 4) is 11.6 Å². The Morgan fingerprint density at radius 3 is 2.71 bits per heavy atom. The van der Waals surface area contributed by atoms with Gasteiger partial charge in [0.15, 0.2) is 5.82 Å². The molecule has 1 atom stereocenters. The molecular formula is C15H16N4OS. The van der Waals surface area contributed by atoms with Crippen LogP contribution in [0.5, 0.6) is 0 Å². The first kappa shape index (κ1) is 13.9. The Morgan fingerprint density at radius 2 is 2.00 bits per heavy atom. The van der Waals surface area contributed by atoms with E-state index in [2.05, 4.69) is 27.3 Å². The number of nitrogens with two attached hydrogens (primary N) is 1. The predicted octanol–water partition coefficient (Wildman–Crippen LogP) is 3.00. The third-order valence-corrected chi connectivity index (χ3v) is 4.12. The molecule has 0 spiro atoms. The first-order valence-corrected chi connectivity index (χ1v) is 7.68. The predicted molar refractivity (Wildman–Crippen MR) is 81.9 cm³/mol. The van der Waals surface area contributed by atoms with Crippen molar-refractivity contribution in [2.75, 3.05) is 0 Å². The van der Waals surface area contributed by atoms with Gasteiger partial charge in [0.1, 0.15) is 10.7 Å². The second-order valence-electron chi connectivity index (χ2n) is 4.86. The summed E-state index contributed by atoms with van der Waals surface area (Å²) >= 11 is 1.51. The van der Waals surface area contributed by atoms with Crippen LogP contribution in [0.25, 0.3) is 11.6 Å². The lowest BCUT2D eigenvalue weighted by molar-refractivity contribution is 0.421. The third kappa shape index (κ3) is 3.34. The highest BCUT2D eigenvalue weighted by atomic mass is 32.1. The molecule has 0 saturated carbocycles. The first-order chi connectivity index (χ1) is 10.2. The summed E-state index contributed by atoms with van der Waals surface area (Å²) in [5, 5.41) is 6.77. The molecule has 0 saturated heterocycles. The number of benzene rings is 1. The Kier molecular flexibility index (Phi) is 4.08. The minimum atomic E-state index is -0.0794.